The molecule has 27 heavy (non-hydrogen) atoms. The van der Waals surface area contributed by atoms with Gasteiger partial charge in [-0.15, -0.1) is 0 Å². The minimum Gasteiger partial charge on any atom is -0.341 e. The lowest BCUT2D eigenvalue weighted by Gasteiger charge is -2.37. The molecule has 5 nitrogen and oxygen atoms in total. The minimum atomic E-state index is -3.82. The lowest BCUT2D eigenvalue weighted by molar-refractivity contribution is -0.134. The fourth-order valence-corrected chi connectivity index (χ4v) is 6.42. The molecule has 0 N–H and O–H groups in total. The zero-order valence-corrected chi connectivity index (χ0v) is 17.2. The zero-order chi connectivity index (χ0) is 19.0. The number of carbonyl (C=O) groups is 1. The number of sulfonamides is 1. The largest absolute Gasteiger partial charge is 0.341 e. The molecule has 2 aromatic rings. The quantitative estimate of drug-likeness (QED) is 0.724. The smallest absolute Gasteiger partial charge is 0.245 e. The van der Waals surface area contributed by atoms with Gasteiger partial charge < -0.3 is 4.90 Å². The van der Waals surface area contributed by atoms with Crippen LogP contribution in [0.2, 0.25) is 0 Å². The van der Waals surface area contributed by atoms with Gasteiger partial charge >= 0.3 is 0 Å². The van der Waals surface area contributed by atoms with E-state index in [2.05, 4.69) is 15.9 Å². The Balaban J connectivity index is 1.77. The number of amides is 1. The van der Waals surface area contributed by atoms with Crippen LogP contribution in [0.15, 0.2) is 57.9 Å². The lowest BCUT2D eigenvalue weighted by Crippen LogP contribution is -2.53. The van der Waals surface area contributed by atoms with E-state index in [1.165, 1.54) is 4.31 Å². The molecule has 0 aliphatic carbocycles. The van der Waals surface area contributed by atoms with E-state index >= 15 is 0 Å². The third-order valence-corrected chi connectivity index (χ3v) is 8.20. The van der Waals surface area contributed by atoms with Gasteiger partial charge in [-0.05, 0) is 58.5 Å². The summed E-state index contributed by atoms with van der Waals surface area (Å²) in [6.45, 7) is 1.63. The number of halogens is 1. The highest BCUT2D eigenvalue weighted by atomic mass is 79.9. The number of hydrogen-bond donors (Lipinski definition) is 0. The van der Waals surface area contributed by atoms with Gasteiger partial charge in [-0.25, -0.2) is 8.42 Å². The first-order chi connectivity index (χ1) is 13.0. The summed E-state index contributed by atoms with van der Waals surface area (Å²) in [6, 6.07) is 13.8. The van der Waals surface area contributed by atoms with E-state index < -0.39 is 16.1 Å². The molecule has 1 saturated heterocycles. The van der Waals surface area contributed by atoms with Gasteiger partial charge in [0.05, 0.1) is 4.90 Å². The number of rotatable bonds is 3. The summed E-state index contributed by atoms with van der Waals surface area (Å²) in [7, 11) is -3.82. The molecule has 0 aromatic heterocycles. The highest BCUT2D eigenvalue weighted by Crippen LogP contribution is 2.33. The van der Waals surface area contributed by atoms with Crippen LogP contribution < -0.4 is 0 Å². The Kier molecular flexibility index (Phi) is 5.09. The molecule has 1 amide bonds. The molecule has 1 atom stereocenters. The Morgan fingerprint density at radius 1 is 0.963 bits per heavy atom. The molecule has 2 heterocycles. The maximum absolute atomic E-state index is 13.5. The van der Waals surface area contributed by atoms with E-state index in [0.29, 0.717) is 24.0 Å². The van der Waals surface area contributed by atoms with Gasteiger partial charge in [0.1, 0.15) is 6.04 Å². The molecule has 0 radical (unpaired) electrons. The fraction of sp³-hybridized carbons (Fsp3) is 0.350. The van der Waals surface area contributed by atoms with Crippen molar-refractivity contribution in [3.63, 3.8) is 0 Å². The van der Waals surface area contributed by atoms with Crippen molar-refractivity contribution in [3.05, 3.63) is 64.1 Å². The maximum atomic E-state index is 13.5. The molecule has 0 spiro atoms. The van der Waals surface area contributed by atoms with Crippen LogP contribution in [-0.4, -0.2) is 42.7 Å². The highest BCUT2D eigenvalue weighted by Gasteiger charge is 2.42. The Morgan fingerprint density at radius 2 is 1.59 bits per heavy atom. The van der Waals surface area contributed by atoms with Gasteiger partial charge in [-0.3, -0.25) is 4.79 Å². The Morgan fingerprint density at radius 3 is 2.30 bits per heavy atom. The first kappa shape index (κ1) is 18.7. The Bertz CT molecular complexity index is 971. The van der Waals surface area contributed by atoms with E-state index in [4.69, 9.17) is 0 Å². The fourth-order valence-electron chi connectivity index (χ4n) is 3.89. The monoisotopic (exact) mass is 448 g/mol. The molecule has 0 saturated carbocycles. The standard InChI is InChI=1S/C20H21BrN2O3S/c21-17-9-3-4-10-19(17)27(25,26)23-14-16-8-2-1-7-15(16)13-18(23)20(24)22-11-5-6-12-22/h1-4,7-10,18H,5-6,11-14H2. The Hall–Kier alpha value is -1.70. The summed E-state index contributed by atoms with van der Waals surface area (Å²) in [5.41, 5.74) is 2.01. The lowest BCUT2D eigenvalue weighted by atomic mass is 9.95. The van der Waals surface area contributed by atoms with Crippen molar-refractivity contribution >= 4 is 31.9 Å². The summed E-state index contributed by atoms with van der Waals surface area (Å²) in [5, 5.41) is 0. The van der Waals surface area contributed by atoms with Crippen molar-refractivity contribution in [3.8, 4) is 0 Å². The van der Waals surface area contributed by atoms with Crippen molar-refractivity contribution < 1.29 is 13.2 Å². The molecule has 142 valence electrons. The van der Waals surface area contributed by atoms with E-state index in [1.807, 2.05) is 24.3 Å². The van der Waals surface area contributed by atoms with E-state index in [1.54, 1.807) is 29.2 Å². The number of benzene rings is 2. The van der Waals surface area contributed by atoms with Crippen LogP contribution in [0.4, 0.5) is 0 Å². The molecule has 1 fully saturated rings. The predicted octanol–water partition coefficient (Wildman–Crippen LogP) is 3.19. The second-order valence-corrected chi connectivity index (χ2v) is 9.72. The van der Waals surface area contributed by atoms with E-state index in [9.17, 15) is 13.2 Å². The molecule has 0 bridgehead atoms. The van der Waals surface area contributed by atoms with Crippen LogP contribution in [0.5, 0.6) is 0 Å². The normalized spacial score (nSPS) is 20.5. The van der Waals surface area contributed by atoms with Crippen molar-refractivity contribution in [1.29, 1.82) is 0 Å². The third kappa shape index (κ3) is 3.44. The third-order valence-electron chi connectivity index (χ3n) is 5.33. The van der Waals surface area contributed by atoms with E-state index in [-0.39, 0.29) is 17.3 Å². The van der Waals surface area contributed by atoms with Crippen LogP contribution >= 0.6 is 15.9 Å². The highest BCUT2D eigenvalue weighted by molar-refractivity contribution is 9.10. The molecular weight excluding hydrogens is 428 g/mol. The first-order valence-corrected chi connectivity index (χ1v) is 11.3. The predicted molar refractivity (Wildman–Crippen MR) is 107 cm³/mol. The summed E-state index contributed by atoms with van der Waals surface area (Å²) >= 11 is 3.35. The maximum Gasteiger partial charge on any atom is 0.245 e. The average Bonchev–Trinajstić information content (AvgIpc) is 3.21. The van der Waals surface area contributed by atoms with Gasteiger partial charge in [0.15, 0.2) is 0 Å². The van der Waals surface area contributed by atoms with Gasteiger partial charge in [-0.1, -0.05) is 36.4 Å². The zero-order valence-electron chi connectivity index (χ0n) is 14.8. The van der Waals surface area contributed by atoms with Gasteiger partial charge in [0, 0.05) is 24.1 Å². The van der Waals surface area contributed by atoms with Gasteiger partial charge in [0.25, 0.3) is 0 Å². The summed E-state index contributed by atoms with van der Waals surface area (Å²) in [4.78, 5) is 15.2. The summed E-state index contributed by atoms with van der Waals surface area (Å²) < 4.78 is 28.8. The van der Waals surface area contributed by atoms with E-state index in [0.717, 1.165) is 24.0 Å². The Labute approximate surface area is 168 Å². The van der Waals surface area contributed by atoms with Crippen LogP contribution in [0.1, 0.15) is 24.0 Å². The number of carbonyl (C=O) groups excluding carboxylic acids is 1. The second-order valence-electron chi connectivity index (χ2n) is 7.00. The number of likely N-dealkylation sites (tertiary alicyclic amines) is 1. The molecule has 2 aromatic carbocycles. The molecule has 1 unspecified atom stereocenters. The van der Waals surface area contributed by atoms with Crippen molar-refractivity contribution in [2.24, 2.45) is 0 Å². The number of fused-ring (bicyclic) bond motifs is 1. The van der Waals surface area contributed by atoms with Crippen LogP contribution in [0.25, 0.3) is 0 Å². The van der Waals surface area contributed by atoms with Gasteiger partial charge in [0.2, 0.25) is 15.9 Å². The molecule has 7 heteroatoms. The van der Waals surface area contributed by atoms with Crippen LogP contribution in [0, 0.1) is 0 Å². The SMILES string of the molecule is O=C(C1Cc2ccccc2CN1S(=O)(=O)c1ccccc1Br)N1CCCC1. The van der Waals surface area contributed by atoms with Crippen LogP contribution in [-0.2, 0) is 27.8 Å². The summed E-state index contributed by atoms with van der Waals surface area (Å²) in [6.07, 6.45) is 2.37. The van der Waals surface area contributed by atoms with Crippen molar-refractivity contribution in [1.82, 2.24) is 9.21 Å². The van der Waals surface area contributed by atoms with Crippen molar-refractivity contribution in [2.45, 2.75) is 36.7 Å². The second kappa shape index (κ2) is 7.37. The first-order valence-electron chi connectivity index (χ1n) is 9.10. The van der Waals surface area contributed by atoms with Crippen molar-refractivity contribution in [2.75, 3.05) is 13.1 Å². The average molecular weight is 449 g/mol. The van der Waals surface area contributed by atoms with Crippen LogP contribution in [0.3, 0.4) is 0 Å². The number of hydrogen-bond acceptors (Lipinski definition) is 3. The topological polar surface area (TPSA) is 57.7 Å². The molecule has 2 aliphatic heterocycles. The van der Waals surface area contributed by atoms with Gasteiger partial charge in [-0.2, -0.15) is 4.31 Å². The number of nitrogens with zero attached hydrogens (tertiary/aromatic N) is 2. The summed E-state index contributed by atoms with van der Waals surface area (Å²) in [5.74, 6) is -0.0855. The minimum absolute atomic E-state index is 0.0855. The molecular formula is C20H21BrN2O3S. The molecule has 2 aliphatic rings. The molecule has 4 rings (SSSR count).